The third-order valence-corrected chi connectivity index (χ3v) is 2.72. The lowest BCUT2D eigenvalue weighted by atomic mass is 9.85. The molecule has 0 fully saturated rings. The number of halogens is 1. The molecular weight excluding hydrogens is 165 g/mol. The molecule has 1 nitrogen and oxygen atoms in total. The maximum Gasteiger partial charge on any atom is 0.146 e. The summed E-state index contributed by atoms with van der Waals surface area (Å²) >= 11 is 0. The number of fused-ring (bicyclic) bond motifs is 1. The zero-order chi connectivity index (χ0) is 9.64. The van der Waals surface area contributed by atoms with Crippen molar-refractivity contribution in [2.24, 2.45) is 0 Å². The van der Waals surface area contributed by atoms with Gasteiger partial charge < -0.3 is 5.32 Å². The normalized spacial score (nSPS) is 18.2. The minimum absolute atomic E-state index is 0.169. The molecule has 1 aliphatic heterocycles. The number of nitrogens with one attached hydrogen (secondary N) is 1. The average molecular weight is 177 g/mol. The highest BCUT2D eigenvalue weighted by Crippen LogP contribution is 2.43. The smallest absolute Gasteiger partial charge is 0.146 e. The number of hydrogen-bond donors (Lipinski definition) is 1. The van der Waals surface area contributed by atoms with Crippen LogP contribution in [0.4, 0.5) is 10.1 Å². The van der Waals surface area contributed by atoms with Crippen molar-refractivity contribution in [1.82, 2.24) is 0 Å². The van der Waals surface area contributed by atoms with Crippen molar-refractivity contribution in [3.05, 3.63) is 41.9 Å². The van der Waals surface area contributed by atoms with Crippen LogP contribution in [0.3, 0.4) is 0 Å². The van der Waals surface area contributed by atoms with Gasteiger partial charge in [-0.1, -0.05) is 32.6 Å². The molecule has 1 N–H and O–H groups in total. The summed E-state index contributed by atoms with van der Waals surface area (Å²) in [5, 5.41) is 2.99. The summed E-state index contributed by atoms with van der Waals surface area (Å²) in [6, 6.07) is 5.13. The fourth-order valence-corrected chi connectivity index (χ4v) is 1.64. The van der Waals surface area contributed by atoms with E-state index in [1.54, 1.807) is 6.07 Å². The van der Waals surface area contributed by atoms with E-state index in [0.717, 1.165) is 11.3 Å². The summed E-state index contributed by atoms with van der Waals surface area (Å²) in [7, 11) is 0. The summed E-state index contributed by atoms with van der Waals surface area (Å²) in [4.78, 5) is 0. The second-order valence-electron chi connectivity index (χ2n) is 3.89. The van der Waals surface area contributed by atoms with Gasteiger partial charge in [-0.3, -0.25) is 0 Å². The lowest BCUT2D eigenvalue weighted by Gasteiger charge is -2.18. The van der Waals surface area contributed by atoms with Gasteiger partial charge in [-0.2, -0.15) is 0 Å². The second-order valence-corrected chi connectivity index (χ2v) is 3.89. The number of allylic oxidation sites excluding steroid dienone is 1. The molecular formula is C11H12FN. The van der Waals surface area contributed by atoms with Gasteiger partial charge in [0.05, 0.1) is 5.69 Å². The highest BCUT2D eigenvalue weighted by atomic mass is 19.1. The minimum atomic E-state index is -0.204. The van der Waals surface area contributed by atoms with Gasteiger partial charge in [0, 0.05) is 11.1 Å². The molecule has 13 heavy (non-hydrogen) atoms. The fraction of sp³-hybridized carbons (Fsp3) is 0.273. The summed E-state index contributed by atoms with van der Waals surface area (Å²) < 4.78 is 13.3. The first-order valence-corrected chi connectivity index (χ1v) is 4.29. The largest absolute Gasteiger partial charge is 0.356 e. The molecule has 0 spiro atoms. The third-order valence-electron chi connectivity index (χ3n) is 2.72. The summed E-state index contributed by atoms with van der Waals surface area (Å²) in [5.41, 5.74) is 2.25. The van der Waals surface area contributed by atoms with E-state index in [-0.39, 0.29) is 11.2 Å². The highest BCUT2D eigenvalue weighted by molar-refractivity contribution is 5.67. The maximum atomic E-state index is 13.3. The van der Waals surface area contributed by atoms with Gasteiger partial charge in [-0.05, 0) is 11.6 Å². The topological polar surface area (TPSA) is 12.0 Å². The van der Waals surface area contributed by atoms with Crippen LogP contribution >= 0.6 is 0 Å². The molecule has 0 aliphatic carbocycles. The molecule has 1 heterocycles. The number of hydrogen-bond acceptors (Lipinski definition) is 1. The Morgan fingerprint density at radius 2 is 2.08 bits per heavy atom. The molecule has 0 amide bonds. The molecule has 68 valence electrons. The quantitative estimate of drug-likeness (QED) is 0.642. The zero-order valence-electron chi connectivity index (χ0n) is 7.82. The number of anilines is 1. The van der Waals surface area contributed by atoms with Crippen molar-refractivity contribution < 1.29 is 4.39 Å². The molecule has 0 aromatic heterocycles. The Hall–Kier alpha value is -1.31. The van der Waals surface area contributed by atoms with E-state index >= 15 is 0 Å². The second kappa shape index (κ2) is 2.34. The van der Waals surface area contributed by atoms with E-state index in [4.69, 9.17) is 0 Å². The van der Waals surface area contributed by atoms with Crippen LogP contribution in [0.5, 0.6) is 0 Å². The van der Waals surface area contributed by atoms with E-state index < -0.39 is 0 Å². The Kier molecular flexibility index (Phi) is 1.50. The molecule has 0 radical (unpaired) electrons. The average Bonchev–Trinajstić information content (AvgIpc) is 2.28. The predicted octanol–water partition coefficient (Wildman–Crippen LogP) is 3.04. The first-order chi connectivity index (χ1) is 6.03. The van der Waals surface area contributed by atoms with Gasteiger partial charge in [-0.25, -0.2) is 4.39 Å². The number of rotatable bonds is 0. The van der Waals surface area contributed by atoms with Crippen molar-refractivity contribution in [2.45, 2.75) is 19.3 Å². The standard InChI is InChI=1S/C11H12FN/c1-7-11(2,3)8-5-4-6-9(12)10(8)13-7/h4-6,13H,1H2,2-3H3. The van der Waals surface area contributed by atoms with Crippen LogP contribution in [0.25, 0.3) is 0 Å². The molecule has 0 atom stereocenters. The van der Waals surface area contributed by atoms with E-state index in [1.165, 1.54) is 6.07 Å². The Morgan fingerprint density at radius 1 is 1.38 bits per heavy atom. The van der Waals surface area contributed by atoms with Crippen molar-refractivity contribution >= 4 is 5.69 Å². The van der Waals surface area contributed by atoms with Crippen molar-refractivity contribution in [3.8, 4) is 0 Å². The Labute approximate surface area is 77.3 Å². The molecule has 0 saturated carbocycles. The first-order valence-electron chi connectivity index (χ1n) is 4.29. The highest BCUT2D eigenvalue weighted by Gasteiger charge is 2.34. The molecule has 0 saturated heterocycles. The predicted molar refractivity (Wildman–Crippen MR) is 52.2 cm³/mol. The molecule has 1 aromatic carbocycles. The lowest BCUT2D eigenvalue weighted by Crippen LogP contribution is -2.15. The summed E-state index contributed by atoms with van der Waals surface area (Å²) in [6.45, 7) is 7.96. The van der Waals surface area contributed by atoms with Crippen LogP contribution in [0.2, 0.25) is 0 Å². The molecule has 0 unspecified atom stereocenters. The summed E-state index contributed by atoms with van der Waals surface area (Å²) in [5.74, 6) is -0.204. The molecule has 1 aliphatic rings. The van der Waals surface area contributed by atoms with Gasteiger partial charge in [-0.15, -0.1) is 0 Å². The van der Waals surface area contributed by atoms with Crippen LogP contribution in [0.1, 0.15) is 19.4 Å². The van der Waals surface area contributed by atoms with E-state index in [0.29, 0.717) is 5.69 Å². The van der Waals surface area contributed by atoms with Crippen molar-refractivity contribution in [1.29, 1.82) is 0 Å². The number of para-hydroxylation sites is 1. The number of benzene rings is 1. The van der Waals surface area contributed by atoms with Crippen LogP contribution in [0.15, 0.2) is 30.5 Å². The SMILES string of the molecule is C=C1Nc2c(F)cccc2C1(C)C. The van der Waals surface area contributed by atoms with Crippen LogP contribution in [-0.4, -0.2) is 0 Å². The van der Waals surface area contributed by atoms with E-state index in [9.17, 15) is 4.39 Å². The van der Waals surface area contributed by atoms with E-state index in [2.05, 4.69) is 11.9 Å². The van der Waals surface area contributed by atoms with Crippen LogP contribution in [-0.2, 0) is 5.41 Å². The molecule has 0 bridgehead atoms. The fourth-order valence-electron chi connectivity index (χ4n) is 1.64. The Morgan fingerprint density at radius 3 is 2.69 bits per heavy atom. The first kappa shape index (κ1) is 8.30. The van der Waals surface area contributed by atoms with Crippen LogP contribution in [0, 0.1) is 5.82 Å². The van der Waals surface area contributed by atoms with Gasteiger partial charge in [0.25, 0.3) is 0 Å². The Balaban J connectivity index is 2.68. The maximum absolute atomic E-state index is 13.3. The van der Waals surface area contributed by atoms with Crippen molar-refractivity contribution in [2.75, 3.05) is 5.32 Å². The molecule has 1 aromatic rings. The third kappa shape index (κ3) is 0.981. The van der Waals surface area contributed by atoms with Gasteiger partial charge in [0.1, 0.15) is 5.82 Å². The summed E-state index contributed by atoms with van der Waals surface area (Å²) in [6.07, 6.45) is 0. The lowest BCUT2D eigenvalue weighted by molar-refractivity contribution is 0.625. The minimum Gasteiger partial charge on any atom is -0.356 e. The molecule has 2 heteroatoms. The van der Waals surface area contributed by atoms with Gasteiger partial charge in [0.15, 0.2) is 0 Å². The monoisotopic (exact) mass is 177 g/mol. The molecule has 2 rings (SSSR count). The van der Waals surface area contributed by atoms with E-state index in [1.807, 2.05) is 19.9 Å². The van der Waals surface area contributed by atoms with Gasteiger partial charge >= 0.3 is 0 Å². The van der Waals surface area contributed by atoms with Crippen molar-refractivity contribution in [3.63, 3.8) is 0 Å². The zero-order valence-corrected chi connectivity index (χ0v) is 7.82. The van der Waals surface area contributed by atoms with Gasteiger partial charge in [0.2, 0.25) is 0 Å². The Bertz CT molecular complexity index is 380. The van der Waals surface area contributed by atoms with Crippen LogP contribution < -0.4 is 5.32 Å².